The van der Waals surface area contributed by atoms with Crippen molar-refractivity contribution in [2.45, 2.75) is 6.61 Å². The molecule has 0 unspecified atom stereocenters. The maximum Gasteiger partial charge on any atom is 0.387 e. The predicted molar refractivity (Wildman–Crippen MR) is 164 cm³/mol. The number of hydrogen-bond donors (Lipinski definition) is 2. The summed E-state index contributed by atoms with van der Waals surface area (Å²) in [6.45, 7) is 5.26. The van der Waals surface area contributed by atoms with Crippen LogP contribution in [0, 0.1) is 0 Å². The zero-order valence-electron chi connectivity index (χ0n) is 24.4. The minimum Gasteiger partial charge on any atom is -0.433 e. The topological polar surface area (TPSA) is 104 Å². The zero-order valence-corrected chi connectivity index (χ0v) is 24.4. The van der Waals surface area contributed by atoms with Crippen molar-refractivity contribution in [3.05, 3.63) is 61.6 Å². The van der Waals surface area contributed by atoms with E-state index in [0.29, 0.717) is 36.0 Å². The number of nitrogens with zero attached hydrogens (tertiary/aromatic N) is 7. The van der Waals surface area contributed by atoms with Crippen molar-refractivity contribution in [1.82, 2.24) is 29.5 Å². The molecule has 2 aromatic heterocycles. The third-order valence-corrected chi connectivity index (χ3v) is 7.31. The summed E-state index contributed by atoms with van der Waals surface area (Å²) < 4.78 is 34.0. The first-order valence-electron chi connectivity index (χ1n) is 13.9. The van der Waals surface area contributed by atoms with Gasteiger partial charge in [-0.1, -0.05) is 12.6 Å². The van der Waals surface area contributed by atoms with Crippen LogP contribution in [0.3, 0.4) is 0 Å². The fraction of sp³-hybridized carbons (Fsp3) is 0.333. The molecule has 3 heterocycles. The molecule has 1 aliphatic heterocycles. The van der Waals surface area contributed by atoms with Crippen molar-refractivity contribution in [3.8, 4) is 17.0 Å². The Kier molecular flexibility index (Phi) is 9.12. The number of carbonyl (C=O) groups excluding carboxylic acids is 1. The first-order valence-corrected chi connectivity index (χ1v) is 13.9. The molecule has 43 heavy (non-hydrogen) atoms. The number of aryl methyl sites for hydroxylation is 1. The van der Waals surface area contributed by atoms with Gasteiger partial charge in [0.15, 0.2) is 5.75 Å². The Hall–Kier alpha value is -4.62. The number of hydrogen-bond acceptors (Lipinski definition) is 9. The number of halogens is 2. The standard InChI is InChI=1S/C30H35F2N9O2/c1-5-29(42)37-23-15-24(27(43-30(31)32)17-26(23)41-12-10-40(11-13-41)9-8-38(2)3)36-28-16-22(33-19-34-28)20-6-7-25-21(14-20)18-35-39(25)4/h5-7,14-19,30H,1,8-13H2,2-4H3,(H,37,42)(H,33,34,36). The van der Waals surface area contributed by atoms with Crippen LogP contribution in [0.5, 0.6) is 5.75 Å². The molecule has 13 heteroatoms. The number of fused-ring (bicyclic) bond motifs is 1. The van der Waals surface area contributed by atoms with Crippen LogP contribution in [-0.2, 0) is 11.8 Å². The molecular weight excluding hydrogens is 556 g/mol. The lowest BCUT2D eigenvalue weighted by Crippen LogP contribution is -2.48. The smallest absolute Gasteiger partial charge is 0.387 e. The number of amides is 1. The molecule has 0 saturated carbocycles. The third kappa shape index (κ3) is 7.24. The van der Waals surface area contributed by atoms with Crippen LogP contribution >= 0.6 is 0 Å². The van der Waals surface area contributed by atoms with Crippen LogP contribution in [0.2, 0.25) is 0 Å². The number of aromatic nitrogens is 4. The van der Waals surface area contributed by atoms with E-state index in [0.717, 1.165) is 48.7 Å². The zero-order chi connectivity index (χ0) is 30.5. The molecule has 1 amide bonds. The number of ether oxygens (including phenoxy) is 1. The van der Waals surface area contributed by atoms with Gasteiger partial charge in [0.2, 0.25) is 5.91 Å². The molecule has 0 aliphatic carbocycles. The molecule has 2 aromatic carbocycles. The predicted octanol–water partition coefficient (Wildman–Crippen LogP) is 4.18. The van der Waals surface area contributed by atoms with Gasteiger partial charge in [-0.2, -0.15) is 13.9 Å². The average molecular weight is 592 g/mol. The summed E-state index contributed by atoms with van der Waals surface area (Å²) in [5, 5.41) is 11.2. The maximum absolute atomic E-state index is 13.6. The molecule has 0 spiro atoms. The van der Waals surface area contributed by atoms with E-state index in [4.69, 9.17) is 4.74 Å². The number of likely N-dealkylation sites (N-methyl/N-ethyl adjacent to an activating group) is 1. The number of anilines is 4. The van der Waals surface area contributed by atoms with Gasteiger partial charge in [-0.15, -0.1) is 0 Å². The molecule has 1 saturated heterocycles. The van der Waals surface area contributed by atoms with Crippen LogP contribution in [0.25, 0.3) is 22.2 Å². The molecule has 226 valence electrons. The van der Waals surface area contributed by atoms with Crippen molar-refractivity contribution < 1.29 is 18.3 Å². The van der Waals surface area contributed by atoms with E-state index in [9.17, 15) is 13.6 Å². The summed E-state index contributed by atoms with van der Waals surface area (Å²) in [5.41, 5.74) is 3.68. The lowest BCUT2D eigenvalue weighted by atomic mass is 10.1. The molecule has 1 fully saturated rings. The first-order chi connectivity index (χ1) is 20.7. The van der Waals surface area contributed by atoms with Crippen molar-refractivity contribution in [1.29, 1.82) is 0 Å². The monoisotopic (exact) mass is 591 g/mol. The van der Waals surface area contributed by atoms with Gasteiger partial charge in [0.25, 0.3) is 0 Å². The molecule has 2 N–H and O–H groups in total. The molecule has 1 aliphatic rings. The number of carbonyl (C=O) groups is 1. The third-order valence-electron chi connectivity index (χ3n) is 7.31. The highest BCUT2D eigenvalue weighted by Crippen LogP contribution is 2.40. The largest absolute Gasteiger partial charge is 0.433 e. The molecule has 0 bridgehead atoms. The van der Waals surface area contributed by atoms with Crippen LogP contribution in [0.15, 0.2) is 61.6 Å². The van der Waals surface area contributed by atoms with E-state index in [1.54, 1.807) is 23.0 Å². The molecule has 0 atom stereocenters. The fourth-order valence-corrected chi connectivity index (χ4v) is 5.00. The first kappa shape index (κ1) is 29.9. The van der Waals surface area contributed by atoms with Gasteiger partial charge in [0, 0.05) is 69.4 Å². The highest BCUT2D eigenvalue weighted by atomic mass is 19.3. The van der Waals surface area contributed by atoms with Gasteiger partial charge < -0.3 is 25.2 Å². The lowest BCUT2D eigenvalue weighted by Gasteiger charge is -2.37. The SMILES string of the molecule is C=CC(=O)Nc1cc(Nc2cc(-c3ccc4c(cnn4C)c3)ncn2)c(OC(F)F)cc1N1CCN(CCN(C)C)CC1. The van der Waals surface area contributed by atoms with Crippen molar-refractivity contribution >= 4 is 39.7 Å². The summed E-state index contributed by atoms with van der Waals surface area (Å²) in [5.74, 6) is -0.137. The summed E-state index contributed by atoms with van der Waals surface area (Å²) in [7, 11) is 5.94. The Morgan fingerprint density at radius 3 is 2.63 bits per heavy atom. The summed E-state index contributed by atoms with van der Waals surface area (Å²) >= 11 is 0. The molecule has 5 rings (SSSR count). The average Bonchev–Trinajstić information content (AvgIpc) is 3.37. The van der Waals surface area contributed by atoms with Crippen LogP contribution < -0.4 is 20.3 Å². The van der Waals surface area contributed by atoms with E-state index < -0.39 is 12.5 Å². The maximum atomic E-state index is 13.6. The quantitative estimate of drug-likeness (QED) is 0.249. The second-order valence-electron chi connectivity index (χ2n) is 10.5. The second-order valence-corrected chi connectivity index (χ2v) is 10.5. The van der Waals surface area contributed by atoms with Gasteiger partial charge in [0.05, 0.1) is 34.5 Å². The Labute approximate surface area is 248 Å². The van der Waals surface area contributed by atoms with Gasteiger partial charge in [0.1, 0.15) is 12.1 Å². The lowest BCUT2D eigenvalue weighted by molar-refractivity contribution is -0.111. The van der Waals surface area contributed by atoms with Crippen molar-refractivity contribution in [2.75, 3.05) is 68.9 Å². The Bertz CT molecular complexity index is 1600. The van der Waals surface area contributed by atoms with Crippen molar-refractivity contribution in [2.24, 2.45) is 7.05 Å². The van der Waals surface area contributed by atoms with E-state index in [1.807, 2.05) is 39.3 Å². The van der Waals surface area contributed by atoms with Crippen LogP contribution in [0.4, 0.5) is 31.7 Å². The normalized spacial score (nSPS) is 14.0. The molecule has 0 radical (unpaired) electrons. The van der Waals surface area contributed by atoms with Gasteiger partial charge in [-0.25, -0.2) is 9.97 Å². The summed E-state index contributed by atoms with van der Waals surface area (Å²) in [6, 6.07) is 10.7. The number of rotatable bonds is 11. The molecule has 11 nitrogen and oxygen atoms in total. The van der Waals surface area contributed by atoms with Gasteiger partial charge in [-0.3, -0.25) is 14.4 Å². The van der Waals surface area contributed by atoms with E-state index in [1.165, 1.54) is 12.4 Å². The summed E-state index contributed by atoms with van der Waals surface area (Å²) in [4.78, 5) is 27.6. The van der Waals surface area contributed by atoms with Gasteiger partial charge >= 0.3 is 6.61 Å². The van der Waals surface area contributed by atoms with Crippen molar-refractivity contribution in [3.63, 3.8) is 0 Å². The number of benzene rings is 2. The molecule has 4 aromatic rings. The van der Waals surface area contributed by atoms with Crippen LogP contribution in [0.1, 0.15) is 0 Å². The van der Waals surface area contributed by atoms with E-state index in [-0.39, 0.29) is 11.4 Å². The number of alkyl halides is 2. The van der Waals surface area contributed by atoms with E-state index >= 15 is 0 Å². The van der Waals surface area contributed by atoms with Gasteiger partial charge in [-0.05, 0) is 38.4 Å². The highest BCUT2D eigenvalue weighted by molar-refractivity contribution is 6.02. The number of nitrogens with one attached hydrogen (secondary N) is 2. The Balaban J connectivity index is 1.45. The summed E-state index contributed by atoms with van der Waals surface area (Å²) in [6.07, 6.45) is 4.33. The molecular formula is C30H35F2N9O2. The second kappa shape index (κ2) is 13.1. The number of piperazine rings is 1. The fourth-order valence-electron chi connectivity index (χ4n) is 5.00. The van der Waals surface area contributed by atoms with Crippen LogP contribution in [-0.4, -0.2) is 95.4 Å². The minimum atomic E-state index is -3.06. The van der Waals surface area contributed by atoms with E-state index in [2.05, 4.69) is 47.0 Å². The Morgan fingerprint density at radius 2 is 1.91 bits per heavy atom. The minimum absolute atomic E-state index is 0.0754. The highest BCUT2D eigenvalue weighted by Gasteiger charge is 2.23. The Morgan fingerprint density at radius 1 is 1.12 bits per heavy atom.